The number of carbonyl (C=O) groups excluding carboxylic acids is 1. The maximum Gasteiger partial charge on any atom is 0.310 e. The minimum Gasteiger partial charge on any atom is -0.481 e. The van der Waals surface area contributed by atoms with Gasteiger partial charge in [-0.05, 0) is 26.2 Å². The summed E-state index contributed by atoms with van der Waals surface area (Å²) in [5.41, 5.74) is -1.05. The molecule has 1 saturated carbocycles. The number of methoxy groups -OCH3 is 1. The lowest BCUT2D eigenvalue weighted by atomic mass is 9.89. The molecule has 1 N–H and O–H groups in total. The van der Waals surface area contributed by atoms with Crippen molar-refractivity contribution in [1.29, 1.82) is 0 Å². The maximum absolute atomic E-state index is 12.9. The van der Waals surface area contributed by atoms with Crippen molar-refractivity contribution >= 4 is 22.0 Å². The fourth-order valence-corrected chi connectivity index (χ4v) is 5.70. The smallest absolute Gasteiger partial charge is 0.310 e. The van der Waals surface area contributed by atoms with E-state index in [2.05, 4.69) is 0 Å². The first-order valence-electron chi connectivity index (χ1n) is 7.52. The highest BCUT2D eigenvalue weighted by Gasteiger charge is 2.49. The third-order valence-electron chi connectivity index (χ3n) is 4.90. The molecule has 2 fully saturated rings. The quantitative estimate of drug-likeness (QED) is 0.765. The van der Waals surface area contributed by atoms with Crippen molar-refractivity contribution in [2.75, 3.05) is 20.2 Å². The standard InChI is InChI=1S/C14H23NO6S/c1-14(13(17)18)7-8-15(9-14)22(19,20)11-6-4-3-5-10(11)12(16)21-2/h10-11H,3-9H2,1-2H3,(H,17,18). The van der Waals surface area contributed by atoms with E-state index in [1.807, 2.05) is 0 Å². The van der Waals surface area contributed by atoms with Gasteiger partial charge in [0.2, 0.25) is 10.0 Å². The molecular formula is C14H23NO6S. The fraction of sp³-hybridized carbons (Fsp3) is 0.857. The first-order chi connectivity index (χ1) is 10.2. The average Bonchev–Trinajstić information content (AvgIpc) is 2.91. The van der Waals surface area contributed by atoms with Crippen LogP contribution in [-0.2, 0) is 24.3 Å². The number of esters is 1. The molecule has 1 aliphatic heterocycles. The van der Waals surface area contributed by atoms with Gasteiger partial charge in [0.15, 0.2) is 0 Å². The Morgan fingerprint density at radius 2 is 1.91 bits per heavy atom. The molecule has 22 heavy (non-hydrogen) atoms. The van der Waals surface area contributed by atoms with Crippen molar-refractivity contribution in [3.05, 3.63) is 0 Å². The van der Waals surface area contributed by atoms with Crippen LogP contribution in [0.15, 0.2) is 0 Å². The summed E-state index contributed by atoms with van der Waals surface area (Å²) in [6.07, 6.45) is 2.76. The molecule has 0 radical (unpaired) electrons. The average molecular weight is 333 g/mol. The number of carbonyl (C=O) groups is 2. The zero-order valence-corrected chi connectivity index (χ0v) is 13.8. The van der Waals surface area contributed by atoms with Gasteiger partial charge in [-0.3, -0.25) is 9.59 Å². The minimum atomic E-state index is -3.70. The number of aliphatic carboxylic acids is 1. The Hall–Kier alpha value is -1.15. The van der Waals surface area contributed by atoms with E-state index in [-0.39, 0.29) is 19.5 Å². The van der Waals surface area contributed by atoms with E-state index >= 15 is 0 Å². The van der Waals surface area contributed by atoms with Gasteiger partial charge in [0, 0.05) is 13.1 Å². The third-order valence-corrected chi connectivity index (χ3v) is 7.26. The van der Waals surface area contributed by atoms with Crippen molar-refractivity contribution in [3.8, 4) is 0 Å². The van der Waals surface area contributed by atoms with Crippen LogP contribution in [-0.4, -0.2) is 55.2 Å². The lowest BCUT2D eigenvalue weighted by molar-refractivity contribution is -0.147. The van der Waals surface area contributed by atoms with Gasteiger partial charge in [0.1, 0.15) is 0 Å². The number of hydrogen-bond acceptors (Lipinski definition) is 5. The van der Waals surface area contributed by atoms with Gasteiger partial charge in [-0.1, -0.05) is 12.8 Å². The number of carboxylic acids is 1. The van der Waals surface area contributed by atoms with Crippen molar-refractivity contribution in [2.45, 2.75) is 44.3 Å². The van der Waals surface area contributed by atoms with Gasteiger partial charge < -0.3 is 9.84 Å². The predicted molar refractivity (Wildman–Crippen MR) is 78.6 cm³/mol. The zero-order chi connectivity index (χ0) is 16.5. The summed E-state index contributed by atoms with van der Waals surface area (Å²) in [6, 6.07) is 0. The maximum atomic E-state index is 12.9. The van der Waals surface area contributed by atoms with Gasteiger partial charge in [0.25, 0.3) is 0 Å². The van der Waals surface area contributed by atoms with Gasteiger partial charge in [-0.15, -0.1) is 0 Å². The Kier molecular flexibility index (Phi) is 4.81. The minimum absolute atomic E-state index is 0.0327. The Balaban J connectivity index is 2.22. The van der Waals surface area contributed by atoms with Crippen LogP contribution in [0.3, 0.4) is 0 Å². The normalized spacial score (nSPS) is 33.5. The van der Waals surface area contributed by atoms with Gasteiger partial charge in [-0.25, -0.2) is 12.7 Å². The summed E-state index contributed by atoms with van der Waals surface area (Å²) in [5.74, 6) is -2.13. The molecule has 2 rings (SSSR count). The summed E-state index contributed by atoms with van der Waals surface area (Å²) >= 11 is 0. The third kappa shape index (κ3) is 2.99. The van der Waals surface area contributed by atoms with Crippen LogP contribution in [0.1, 0.15) is 39.0 Å². The Bertz CT molecular complexity index is 560. The van der Waals surface area contributed by atoms with Gasteiger partial charge in [0.05, 0.1) is 23.7 Å². The largest absolute Gasteiger partial charge is 0.481 e. The Morgan fingerprint density at radius 3 is 2.45 bits per heavy atom. The zero-order valence-electron chi connectivity index (χ0n) is 12.9. The van der Waals surface area contributed by atoms with Crippen molar-refractivity contribution in [3.63, 3.8) is 0 Å². The molecular weight excluding hydrogens is 310 g/mol. The van der Waals surface area contributed by atoms with Crippen LogP contribution in [0.4, 0.5) is 0 Å². The van der Waals surface area contributed by atoms with E-state index in [4.69, 9.17) is 4.74 Å². The lowest BCUT2D eigenvalue weighted by Crippen LogP contribution is -2.46. The predicted octanol–water partition coefficient (Wildman–Crippen LogP) is 0.845. The van der Waals surface area contributed by atoms with Gasteiger partial charge >= 0.3 is 11.9 Å². The van der Waals surface area contributed by atoms with E-state index in [0.29, 0.717) is 12.8 Å². The summed E-state index contributed by atoms with van der Waals surface area (Å²) in [7, 11) is -2.44. The molecule has 0 bridgehead atoms. The van der Waals surface area contributed by atoms with Crippen LogP contribution < -0.4 is 0 Å². The number of carboxylic acid groups (broad SMARTS) is 1. The van der Waals surface area contributed by atoms with E-state index in [1.54, 1.807) is 6.92 Å². The number of hydrogen-bond donors (Lipinski definition) is 1. The lowest BCUT2D eigenvalue weighted by Gasteiger charge is -2.32. The van der Waals surface area contributed by atoms with Crippen molar-refractivity contribution in [2.24, 2.45) is 11.3 Å². The summed E-state index contributed by atoms with van der Waals surface area (Å²) < 4.78 is 31.7. The summed E-state index contributed by atoms with van der Waals surface area (Å²) in [6.45, 7) is 1.72. The molecule has 3 atom stereocenters. The number of rotatable bonds is 4. The highest BCUT2D eigenvalue weighted by molar-refractivity contribution is 7.89. The second kappa shape index (κ2) is 6.16. The van der Waals surface area contributed by atoms with Crippen molar-refractivity contribution < 1.29 is 27.9 Å². The first-order valence-corrected chi connectivity index (χ1v) is 9.03. The second-order valence-electron chi connectivity index (χ2n) is 6.45. The monoisotopic (exact) mass is 333 g/mol. The number of nitrogens with zero attached hydrogens (tertiary/aromatic N) is 1. The van der Waals surface area contributed by atoms with Crippen LogP contribution in [0.2, 0.25) is 0 Å². The summed E-state index contributed by atoms with van der Waals surface area (Å²) in [4.78, 5) is 23.2. The Labute approximate surface area is 130 Å². The van der Waals surface area contributed by atoms with Crippen LogP contribution in [0.5, 0.6) is 0 Å². The van der Waals surface area contributed by atoms with E-state index in [0.717, 1.165) is 12.8 Å². The molecule has 3 unspecified atom stereocenters. The molecule has 1 saturated heterocycles. The second-order valence-corrected chi connectivity index (χ2v) is 8.60. The first kappa shape index (κ1) is 17.2. The van der Waals surface area contributed by atoms with Crippen LogP contribution >= 0.6 is 0 Å². The molecule has 2 aliphatic rings. The highest BCUT2D eigenvalue weighted by atomic mass is 32.2. The number of sulfonamides is 1. The molecule has 0 aromatic rings. The molecule has 0 amide bonds. The molecule has 1 aliphatic carbocycles. The molecule has 8 heteroatoms. The molecule has 0 spiro atoms. The topological polar surface area (TPSA) is 101 Å². The SMILES string of the molecule is COC(=O)C1CCCCC1S(=O)(=O)N1CCC(C)(C(=O)O)C1. The number of ether oxygens (including phenoxy) is 1. The van der Waals surface area contributed by atoms with Crippen molar-refractivity contribution in [1.82, 2.24) is 4.31 Å². The molecule has 0 aromatic heterocycles. The Morgan fingerprint density at radius 1 is 1.27 bits per heavy atom. The fourth-order valence-electron chi connectivity index (χ4n) is 3.38. The molecule has 0 aromatic carbocycles. The van der Waals surface area contributed by atoms with Crippen LogP contribution in [0.25, 0.3) is 0 Å². The summed E-state index contributed by atoms with van der Waals surface area (Å²) in [5, 5.41) is 8.45. The molecule has 1 heterocycles. The van der Waals surface area contributed by atoms with E-state index < -0.39 is 38.5 Å². The highest BCUT2D eigenvalue weighted by Crippen LogP contribution is 2.37. The van der Waals surface area contributed by atoms with E-state index in [9.17, 15) is 23.1 Å². The molecule has 126 valence electrons. The van der Waals surface area contributed by atoms with Gasteiger partial charge in [-0.2, -0.15) is 0 Å². The van der Waals surface area contributed by atoms with E-state index in [1.165, 1.54) is 11.4 Å². The molecule has 7 nitrogen and oxygen atoms in total. The van der Waals surface area contributed by atoms with Crippen LogP contribution in [0, 0.1) is 11.3 Å².